The Hall–Kier alpha value is -1.70. The summed E-state index contributed by atoms with van der Waals surface area (Å²) in [7, 11) is 0. The first-order valence-electron chi connectivity index (χ1n) is 6.22. The number of carbonyl (C=O) groups excluding carboxylic acids is 1. The third-order valence-corrected chi connectivity index (χ3v) is 3.90. The molecule has 1 saturated carbocycles. The number of aromatic nitrogens is 2. The molecule has 1 aliphatic rings. The van der Waals surface area contributed by atoms with Crippen molar-refractivity contribution in [1.82, 2.24) is 14.9 Å². The van der Waals surface area contributed by atoms with Gasteiger partial charge in [0.05, 0.1) is 6.20 Å². The van der Waals surface area contributed by atoms with Crippen molar-refractivity contribution in [3.63, 3.8) is 0 Å². The van der Waals surface area contributed by atoms with E-state index in [1.807, 2.05) is 0 Å². The first-order chi connectivity index (χ1) is 9.12. The molecule has 0 atom stereocenters. The lowest BCUT2D eigenvalue weighted by Gasteiger charge is -2.29. The monoisotopic (exact) mass is 284 g/mol. The smallest absolute Gasteiger partial charge is 0.329 e. The van der Waals surface area contributed by atoms with Crippen LogP contribution in [0.5, 0.6) is 0 Å². The molecule has 104 valence electrons. The summed E-state index contributed by atoms with van der Waals surface area (Å²) < 4.78 is 3.62. The number of aliphatic carboxylic acids is 1. The van der Waals surface area contributed by atoms with Gasteiger partial charge in [-0.2, -0.15) is 0 Å². The van der Waals surface area contributed by atoms with Crippen LogP contribution in [0.2, 0.25) is 0 Å². The van der Waals surface area contributed by atoms with Gasteiger partial charge in [-0.05, 0) is 12.8 Å². The molecule has 19 heavy (non-hydrogen) atoms. The van der Waals surface area contributed by atoms with Crippen molar-refractivity contribution < 1.29 is 14.7 Å². The Balaban J connectivity index is 2.03. The topological polar surface area (TPSA) is 104 Å². The fourth-order valence-corrected chi connectivity index (χ4v) is 2.72. The van der Waals surface area contributed by atoms with Crippen molar-refractivity contribution in [2.75, 3.05) is 5.32 Å². The van der Waals surface area contributed by atoms with E-state index in [0.29, 0.717) is 17.8 Å². The molecular formula is C11H16N4O3S. The molecule has 0 saturated heterocycles. The standard InChI is InChI=1S/C11H16N4O3S/c16-9(17)11(5-3-1-2-4-6-11)14-10(18)13-8-7-12-15-19-8/h7H,1-6H2,(H,16,17)(H2,13,14,18). The fourth-order valence-electron chi connectivity index (χ4n) is 2.31. The minimum Gasteiger partial charge on any atom is -0.480 e. The number of amides is 2. The van der Waals surface area contributed by atoms with Crippen LogP contribution < -0.4 is 10.6 Å². The minimum atomic E-state index is -1.15. The van der Waals surface area contributed by atoms with E-state index in [9.17, 15) is 14.7 Å². The zero-order valence-corrected chi connectivity index (χ0v) is 11.2. The molecule has 1 aromatic heterocycles. The van der Waals surface area contributed by atoms with Crippen LogP contribution in [-0.2, 0) is 4.79 Å². The highest BCUT2D eigenvalue weighted by atomic mass is 32.1. The first-order valence-corrected chi connectivity index (χ1v) is 7.00. The van der Waals surface area contributed by atoms with E-state index in [1.165, 1.54) is 6.20 Å². The van der Waals surface area contributed by atoms with Crippen LogP contribution in [-0.4, -0.2) is 32.2 Å². The van der Waals surface area contributed by atoms with Gasteiger partial charge in [-0.3, -0.25) is 5.32 Å². The Kier molecular flexibility index (Phi) is 4.31. The van der Waals surface area contributed by atoms with Crippen molar-refractivity contribution in [2.45, 2.75) is 44.1 Å². The van der Waals surface area contributed by atoms with Gasteiger partial charge >= 0.3 is 12.0 Å². The van der Waals surface area contributed by atoms with Gasteiger partial charge in [0.15, 0.2) is 0 Å². The van der Waals surface area contributed by atoms with Crippen LogP contribution in [0.4, 0.5) is 9.80 Å². The van der Waals surface area contributed by atoms with E-state index >= 15 is 0 Å². The Morgan fingerprint density at radius 3 is 2.47 bits per heavy atom. The summed E-state index contributed by atoms with van der Waals surface area (Å²) in [6.45, 7) is 0. The summed E-state index contributed by atoms with van der Waals surface area (Å²) in [5, 5.41) is 18.7. The second kappa shape index (κ2) is 5.96. The molecule has 2 amide bonds. The van der Waals surface area contributed by atoms with Crippen LogP contribution >= 0.6 is 11.5 Å². The third kappa shape index (κ3) is 3.40. The minimum absolute atomic E-state index is 0.469. The highest BCUT2D eigenvalue weighted by Crippen LogP contribution is 2.27. The van der Waals surface area contributed by atoms with Crippen molar-refractivity contribution in [3.8, 4) is 0 Å². The average molecular weight is 284 g/mol. The zero-order valence-electron chi connectivity index (χ0n) is 10.4. The third-order valence-electron chi connectivity index (χ3n) is 3.32. The molecule has 0 bridgehead atoms. The number of carboxylic acids is 1. The molecule has 1 aliphatic carbocycles. The van der Waals surface area contributed by atoms with Gasteiger partial charge in [-0.15, -0.1) is 5.10 Å². The van der Waals surface area contributed by atoms with Crippen LogP contribution in [0, 0.1) is 0 Å². The van der Waals surface area contributed by atoms with E-state index in [-0.39, 0.29) is 0 Å². The molecule has 0 radical (unpaired) electrons. The predicted octanol–water partition coefficient (Wildman–Crippen LogP) is 1.84. The molecule has 1 aromatic rings. The first kappa shape index (κ1) is 13.7. The Labute approximate surface area is 114 Å². The van der Waals surface area contributed by atoms with E-state index in [0.717, 1.165) is 37.2 Å². The summed E-state index contributed by atoms with van der Waals surface area (Å²) in [6.07, 6.45) is 6.01. The van der Waals surface area contributed by atoms with Gasteiger partial charge in [0.1, 0.15) is 10.5 Å². The molecule has 0 aliphatic heterocycles. The predicted molar refractivity (Wildman–Crippen MR) is 70.1 cm³/mol. The number of rotatable bonds is 3. The maximum absolute atomic E-state index is 11.9. The normalized spacial score (nSPS) is 18.3. The Bertz CT molecular complexity index is 441. The second-order valence-electron chi connectivity index (χ2n) is 4.66. The summed E-state index contributed by atoms with van der Waals surface area (Å²) in [5.41, 5.74) is -1.15. The highest BCUT2D eigenvalue weighted by Gasteiger charge is 2.40. The van der Waals surface area contributed by atoms with E-state index < -0.39 is 17.5 Å². The van der Waals surface area contributed by atoms with E-state index in [1.54, 1.807) is 0 Å². The molecule has 0 unspecified atom stereocenters. The molecular weight excluding hydrogens is 268 g/mol. The lowest BCUT2D eigenvalue weighted by Crippen LogP contribution is -2.55. The number of anilines is 1. The number of hydrogen-bond acceptors (Lipinski definition) is 5. The number of carboxylic acid groups (broad SMARTS) is 1. The number of nitrogens with zero attached hydrogens (tertiary/aromatic N) is 2. The lowest BCUT2D eigenvalue weighted by molar-refractivity contribution is -0.145. The fraction of sp³-hybridized carbons (Fsp3) is 0.636. The van der Waals surface area contributed by atoms with Crippen molar-refractivity contribution >= 4 is 28.5 Å². The average Bonchev–Trinajstić information content (AvgIpc) is 2.73. The zero-order chi connectivity index (χ0) is 13.7. The van der Waals surface area contributed by atoms with Gasteiger partial charge < -0.3 is 10.4 Å². The van der Waals surface area contributed by atoms with E-state index in [2.05, 4.69) is 20.2 Å². The van der Waals surface area contributed by atoms with Gasteiger partial charge in [0.25, 0.3) is 0 Å². The summed E-state index contributed by atoms with van der Waals surface area (Å²) in [6, 6.07) is -0.518. The van der Waals surface area contributed by atoms with Crippen molar-refractivity contribution in [1.29, 1.82) is 0 Å². The van der Waals surface area contributed by atoms with Crippen LogP contribution in [0.3, 0.4) is 0 Å². The SMILES string of the molecule is O=C(Nc1cnns1)NC1(C(=O)O)CCCCCC1. The van der Waals surface area contributed by atoms with Gasteiger partial charge in [-0.25, -0.2) is 9.59 Å². The second-order valence-corrected chi connectivity index (χ2v) is 5.45. The largest absolute Gasteiger partial charge is 0.480 e. The Morgan fingerprint density at radius 2 is 1.95 bits per heavy atom. The number of hydrogen-bond donors (Lipinski definition) is 3. The molecule has 0 spiro atoms. The summed E-state index contributed by atoms with van der Waals surface area (Å²) >= 11 is 1.04. The molecule has 0 aromatic carbocycles. The maximum atomic E-state index is 11.9. The molecule has 8 heteroatoms. The van der Waals surface area contributed by atoms with Crippen LogP contribution in [0.15, 0.2) is 6.20 Å². The molecule has 7 nitrogen and oxygen atoms in total. The number of nitrogens with one attached hydrogen (secondary N) is 2. The number of urea groups is 1. The molecule has 2 rings (SSSR count). The molecule has 1 heterocycles. The lowest BCUT2D eigenvalue weighted by atomic mass is 9.90. The quantitative estimate of drug-likeness (QED) is 0.735. The molecule has 1 fully saturated rings. The van der Waals surface area contributed by atoms with Gasteiger partial charge in [-0.1, -0.05) is 30.2 Å². The highest BCUT2D eigenvalue weighted by molar-refractivity contribution is 7.10. The van der Waals surface area contributed by atoms with Crippen molar-refractivity contribution in [2.24, 2.45) is 0 Å². The maximum Gasteiger partial charge on any atom is 0.329 e. The van der Waals surface area contributed by atoms with Crippen LogP contribution in [0.25, 0.3) is 0 Å². The summed E-state index contributed by atoms with van der Waals surface area (Å²) in [4.78, 5) is 23.4. The summed E-state index contributed by atoms with van der Waals surface area (Å²) in [5.74, 6) is -0.966. The van der Waals surface area contributed by atoms with E-state index in [4.69, 9.17) is 0 Å². The Morgan fingerprint density at radius 1 is 1.26 bits per heavy atom. The van der Waals surface area contributed by atoms with Gasteiger partial charge in [0.2, 0.25) is 0 Å². The number of carbonyl (C=O) groups is 2. The van der Waals surface area contributed by atoms with Gasteiger partial charge in [0, 0.05) is 11.5 Å². The molecule has 3 N–H and O–H groups in total. The van der Waals surface area contributed by atoms with Crippen molar-refractivity contribution in [3.05, 3.63) is 6.20 Å². The van der Waals surface area contributed by atoms with Crippen LogP contribution in [0.1, 0.15) is 38.5 Å².